The predicted octanol–water partition coefficient (Wildman–Crippen LogP) is 3.55. The van der Waals surface area contributed by atoms with Gasteiger partial charge >= 0.3 is 0 Å². The van der Waals surface area contributed by atoms with Crippen LogP contribution in [-0.2, 0) is 6.54 Å². The zero-order chi connectivity index (χ0) is 16.5. The lowest BCUT2D eigenvalue weighted by molar-refractivity contribution is 0.318. The molecule has 1 aromatic carbocycles. The molecule has 0 saturated heterocycles. The number of nitrogens with zero attached hydrogens (tertiary/aromatic N) is 3. The monoisotopic (exact) mass is 504 g/mol. The number of benzene rings is 1. The Bertz CT molecular complexity index is 639. The highest BCUT2D eigenvalue weighted by Gasteiger charge is 2.08. The minimum absolute atomic E-state index is 0. The van der Waals surface area contributed by atoms with Crippen LogP contribution in [0, 0.1) is 0 Å². The SMILES string of the molecule is CN=C(NCCOc1cccnc1)N(C)Cc1ccccc1Br.I. The Morgan fingerprint density at radius 1 is 1.29 bits per heavy atom. The van der Waals surface area contributed by atoms with Crippen molar-refractivity contribution in [2.75, 3.05) is 27.2 Å². The van der Waals surface area contributed by atoms with Gasteiger partial charge in [0, 0.05) is 31.3 Å². The second-order valence-corrected chi connectivity index (χ2v) is 5.81. The summed E-state index contributed by atoms with van der Waals surface area (Å²) in [5.74, 6) is 1.60. The maximum atomic E-state index is 5.61. The highest BCUT2D eigenvalue weighted by atomic mass is 127. The number of halogens is 2. The first kappa shape index (κ1) is 20.7. The third-order valence-corrected chi connectivity index (χ3v) is 4.00. The van der Waals surface area contributed by atoms with Crippen LogP contribution >= 0.6 is 39.9 Å². The van der Waals surface area contributed by atoms with Gasteiger partial charge in [0.15, 0.2) is 5.96 Å². The van der Waals surface area contributed by atoms with E-state index in [2.05, 4.69) is 42.2 Å². The largest absolute Gasteiger partial charge is 0.490 e. The van der Waals surface area contributed by atoms with Crippen LogP contribution in [-0.4, -0.2) is 43.1 Å². The lowest BCUT2D eigenvalue weighted by atomic mass is 10.2. The third kappa shape index (κ3) is 6.64. The molecule has 24 heavy (non-hydrogen) atoms. The summed E-state index contributed by atoms with van der Waals surface area (Å²) in [7, 11) is 3.79. The molecule has 1 aromatic heterocycles. The summed E-state index contributed by atoms with van der Waals surface area (Å²) in [5, 5.41) is 3.29. The van der Waals surface area contributed by atoms with Crippen LogP contribution in [0.4, 0.5) is 0 Å². The second kappa shape index (κ2) is 11.2. The molecular formula is C17H22BrIN4O. The van der Waals surface area contributed by atoms with Crippen LogP contribution in [0.25, 0.3) is 0 Å². The van der Waals surface area contributed by atoms with Gasteiger partial charge in [0.2, 0.25) is 0 Å². The van der Waals surface area contributed by atoms with E-state index in [1.165, 1.54) is 5.56 Å². The van der Waals surface area contributed by atoms with Gasteiger partial charge in [-0.1, -0.05) is 34.1 Å². The van der Waals surface area contributed by atoms with E-state index in [0.717, 1.165) is 22.7 Å². The van der Waals surface area contributed by atoms with Crippen molar-refractivity contribution in [1.82, 2.24) is 15.2 Å². The van der Waals surface area contributed by atoms with Crippen molar-refractivity contribution in [1.29, 1.82) is 0 Å². The van der Waals surface area contributed by atoms with Crippen LogP contribution in [0.2, 0.25) is 0 Å². The fourth-order valence-electron chi connectivity index (χ4n) is 2.11. The highest BCUT2D eigenvalue weighted by Crippen LogP contribution is 2.17. The maximum absolute atomic E-state index is 5.61. The molecular weight excluding hydrogens is 483 g/mol. The van der Waals surface area contributed by atoms with Crippen molar-refractivity contribution >= 4 is 45.9 Å². The summed E-state index contributed by atoms with van der Waals surface area (Å²) in [6.07, 6.45) is 3.43. The number of ether oxygens (including phenoxy) is 1. The molecule has 2 aromatic rings. The van der Waals surface area contributed by atoms with Crippen LogP contribution in [0.15, 0.2) is 58.3 Å². The molecule has 0 fully saturated rings. The normalized spacial score (nSPS) is 10.7. The van der Waals surface area contributed by atoms with Crippen molar-refractivity contribution in [2.45, 2.75) is 6.54 Å². The van der Waals surface area contributed by atoms with Gasteiger partial charge in [-0.3, -0.25) is 9.98 Å². The fraction of sp³-hybridized carbons (Fsp3) is 0.294. The molecule has 1 N–H and O–H groups in total. The van der Waals surface area contributed by atoms with E-state index in [1.807, 2.05) is 37.4 Å². The number of nitrogens with one attached hydrogen (secondary N) is 1. The fourth-order valence-corrected chi connectivity index (χ4v) is 2.52. The molecule has 1 heterocycles. The molecule has 0 radical (unpaired) electrons. The van der Waals surface area contributed by atoms with Crippen LogP contribution < -0.4 is 10.1 Å². The van der Waals surface area contributed by atoms with Crippen molar-refractivity contribution in [3.05, 3.63) is 58.8 Å². The molecule has 7 heteroatoms. The molecule has 0 bridgehead atoms. The number of pyridine rings is 1. The van der Waals surface area contributed by atoms with E-state index in [9.17, 15) is 0 Å². The first-order valence-corrected chi connectivity index (χ1v) is 8.18. The Balaban J connectivity index is 0.00000288. The zero-order valence-corrected chi connectivity index (χ0v) is 17.7. The molecule has 0 aliphatic carbocycles. The van der Waals surface area contributed by atoms with Crippen LogP contribution in [0.5, 0.6) is 5.75 Å². The predicted molar refractivity (Wildman–Crippen MR) is 112 cm³/mol. The number of hydrogen-bond acceptors (Lipinski definition) is 3. The number of aromatic nitrogens is 1. The topological polar surface area (TPSA) is 49.8 Å². The van der Waals surface area contributed by atoms with Gasteiger partial charge in [0.1, 0.15) is 12.4 Å². The molecule has 5 nitrogen and oxygen atoms in total. The van der Waals surface area contributed by atoms with E-state index in [0.29, 0.717) is 13.2 Å². The average molecular weight is 505 g/mol. The van der Waals surface area contributed by atoms with Crippen LogP contribution in [0.3, 0.4) is 0 Å². The van der Waals surface area contributed by atoms with Crippen LogP contribution in [0.1, 0.15) is 5.56 Å². The third-order valence-electron chi connectivity index (χ3n) is 3.23. The molecule has 0 unspecified atom stereocenters. The molecule has 0 amide bonds. The smallest absolute Gasteiger partial charge is 0.193 e. The van der Waals surface area contributed by atoms with Gasteiger partial charge in [0.25, 0.3) is 0 Å². The van der Waals surface area contributed by atoms with Gasteiger partial charge < -0.3 is 15.0 Å². The van der Waals surface area contributed by atoms with Gasteiger partial charge in [-0.15, -0.1) is 24.0 Å². The lowest BCUT2D eigenvalue weighted by Crippen LogP contribution is -2.40. The molecule has 0 atom stereocenters. The summed E-state index contributed by atoms with van der Waals surface area (Å²) in [5.41, 5.74) is 1.21. The molecule has 0 aliphatic rings. The van der Waals surface area contributed by atoms with E-state index >= 15 is 0 Å². The zero-order valence-electron chi connectivity index (χ0n) is 13.8. The Labute approximate surface area is 168 Å². The number of guanidine groups is 1. The standard InChI is InChI=1S/C17H21BrN4O.HI/c1-19-17(21-10-11-23-15-7-5-9-20-12-15)22(2)13-14-6-3-4-8-16(14)18;/h3-9,12H,10-11,13H2,1-2H3,(H,19,21);1H. The Hall–Kier alpha value is -1.35. The Kier molecular flexibility index (Phi) is 9.70. The Morgan fingerprint density at radius 3 is 2.75 bits per heavy atom. The van der Waals surface area contributed by atoms with E-state index < -0.39 is 0 Å². The lowest BCUT2D eigenvalue weighted by Gasteiger charge is -2.22. The number of rotatable bonds is 6. The number of hydrogen-bond donors (Lipinski definition) is 1. The summed E-state index contributed by atoms with van der Waals surface area (Å²) >= 11 is 3.57. The molecule has 0 spiro atoms. The number of aliphatic imine (C=N–C) groups is 1. The minimum atomic E-state index is 0. The maximum Gasteiger partial charge on any atom is 0.193 e. The summed E-state index contributed by atoms with van der Waals surface area (Å²) in [6.45, 7) is 1.99. The average Bonchev–Trinajstić information content (AvgIpc) is 2.58. The van der Waals surface area contributed by atoms with Gasteiger partial charge in [-0.25, -0.2) is 0 Å². The quantitative estimate of drug-likeness (QED) is 0.283. The summed E-state index contributed by atoms with van der Waals surface area (Å²) in [4.78, 5) is 10.4. The van der Waals surface area contributed by atoms with E-state index in [-0.39, 0.29) is 24.0 Å². The molecule has 0 saturated carbocycles. The first-order chi connectivity index (χ1) is 11.2. The Morgan fingerprint density at radius 2 is 2.08 bits per heavy atom. The van der Waals surface area contributed by atoms with Crippen molar-refractivity contribution in [3.8, 4) is 5.75 Å². The molecule has 130 valence electrons. The first-order valence-electron chi connectivity index (χ1n) is 7.38. The van der Waals surface area contributed by atoms with Gasteiger partial charge in [0.05, 0.1) is 12.7 Å². The minimum Gasteiger partial charge on any atom is -0.490 e. The van der Waals surface area contributed by atoms with Crippen molar-refractivity contribution in [3.63, 3.8) is 0 Å². The molecule has 0 aliphatic heterocycles. The van der Waals surface area contributed by atoms with Gasteiger partial charge in [-0.2, -0.15) is 0 Å². The van der Waals surface area contributed by atoms with E-state index in [1.54, 1.807) is 19.4 Å². The van der Waals surface area contributed by atoms with Gasteiger partial charge in [-0.05, 0) is 23.8 Å². The van der Waals surface area contributed by atoms with Crippen molar-refractivity contribution < 1.29 is 4.74 Å². The van der Waals surface area contributed by atoms with E-state index in [4.69, 9.17) is 4.74 Å². The highest BCUT2D eigenvalue weighted by molar-refractivity contribution is 14.0. The summed E-state index contributed by atoms with van der Waals surface area (Å²) < 4.78 is 6.71. The summed E-state index contributed by atoms with van der Waals surface area (Å²) in [6, 6.07) is 11.9. The molecule has 2 rings (SSSR count). The van der Waals surface area contributed by atoms with Crippen molar-refractivity contribution in [2.24, 2.45) is 4.99 Å². The second-order valence-electron chi connectivity index (χ2n) is 4.96.